The minimum absolute atomic E-state index is 0.0268. The zero-order chi connectivity index (χ0) is 18.4. The molecule has 0 unspecified atom stereocenters. The first-order valence-electron chi connectivity index (χ1n) is 8.49. The highest BCUT2D eigenvalue weighted by Gasteiger charge is 2.05. The van der Waals surface area contributed by atoms with Crippen molar-refractivity contribution in [2.24, 2.45) is 0 Å². The Morgan fingerprint density at radius 1 is 0.923 bits per heavy atom. The van der Waals surface area contributed by atoms with E-state index in [0.29, 0.717) is 6.42 Å². The van der Waals surface area contributed by atoms with Gasteiger partial charge in [0.25, 0.3) is 0 Å². The van der Waals surface area contributed by atoms with Crippen molar-refractivity contribution in [3.8, 4) is 5.75 Å². The van der Waals surface area contributed by atoms with E-state index in [1.54, 1.807) is 7.11 Å². The van der Waals surface area contributed by atoms with Crippen LogP contribution in [0.25, 0.3) is 0 Å². The molecule has 0 bridgehead atoms. The summed E-state index contributed by atoms with van der Waals surface area (Å²) >= 11 is 0. The molecule has 0 aliphatic rings. The average molecular weight is 346 g/mol. The van der Waals surface area contributed by atoms with Crippen molar-refractivity contribution >= 4 is 23.0 Å². The van der Waals surface area contributed by atoms with Crippen LogP contribution in [0, 0.1) is 6.92 Å². The lowest BCUT2D eigenvalue weighted by molar-refractivity contribution is -0.115. The fourth-order valence-electron chi connectivity index (χ4n) is 2.75. The number of aryl methyl sites for hydroxylation is 1. The lowest BCUT2D eigenvalue weighted by atomic mass is 10.1. The third-order valence-electron chi connectivity index (χ3n) is 4.00. The van der Waals surface area contributed by atoms with Crippen LogP contribution in [-0.4, -0.2) is 13.0 Å². The van der Waals surface area contributed by atoms with E-state index in [0.717, 1.165) is 33.9 Å². The van der Waals surface area contributed by atoms with Gasteiger partial charge in [-0.15, -0.1) is 0 Å². The number of ether oxygens (including phenoxy) is 1. The van der Waals surface area contributed by atoms with Gasteiger partial charge in [0.05, 0.1) is 19.2 Å². The lowest BCUT2D eigenvalue weighted by Gasteiger charge is -2.12. The number of amides is 1. The van der Waals surface area contributed by atoms with E-state index >= 15 is 0 Å². The van der Waals surface area contributed by atoms with E-state index in [9.17, 15) is 4.79 Å². The van der Waals surface area contributed by atoms with E-state index in [1.165, 1.54) is 0 Å². The van der Waals surface area contributed by atoms with E-state index in [4.69, 9.17) is 4.74 Å². The van der Waals surface area contributed by atoms with Crippen molar-refractivity contribution in [1.29, 1.82) is 0 Å². The van der Waals surface area contributed by atoms with Gasteiger partial charge in [-0.25, -0.2) is 0 Å². The standard InChI is InChI=1S/C22H22N2O2/c1-16-6-5-7-17(14-16)15-22(25)24-19-12-10-18(11-13-19)23-20-8-3-4-9-21(20)26-2/h3-14,23H,15H2,1-2H3,(H,24,25). The summed E-state index contributed by atoms with van der Waals surface area (Å²) in [5.74, 6) is 0.754. The molecule has 0 radical (unpaired) electrons. The molecule has 0 aliphatic carbocycles. The van der Waals surface area contributed by atoms with Crippen molar-refractivity contribution in [1.82, 2.24) is 0 Å². The van der Waals surface area contributed by atoms with Gasteiger partial charge in [-0.2, -0.15) is 0 Å². The number of rotatable bonds is 6. The van der Waals surface area contributed by atoms with E-state index in [1.807, 2.05) is 79.7 Å². The van der Waals surface area contributed by atoms with Crippen molar-refractivity contribution in [2.75, 3.05) is 17.7 Å². The van der Waals surface area contributed by atoms with Gasteiger partial charge in [0, 0.05) is 11.4 Å². The largest absolute Gasteiger partial charge is 0.495 e. The van der Waals surface area contributed by atoms with Crippen LogP contribution in [0.5, 0.6) is 5.75 Å². The second-order valence-electron chi connectivity index (χ2n) is 6.12. The van der Waals surface area contributed by atoms with Crippen LogP contribution in [-0.2, 0) is 11.2 Å². The highest BCUT2D eigenvalue weighted by atomic mass is 16.5. The second-order valence-corrected chi connectivity index (χ2v) is 6.12. The Kier molecular flexibility index (Phi) is 5.54. The highest BCUT2D eigenvalue weighted by molar-refractivity contribution is 5.92. The maximum atomic E-state index is 12.2. The normalized spacial score (nSPS) is 10.2. The summed E-state index contributed by atoms with van der Waals surface area (Å²) in [5, 5.41) is 6.24. The van der Waals surface area contributed by atoms with Gasteiger partial charge in [-0.05, 0) is 48.9 Å². The van der Waals surface area contributed by atoms with Crippen LogP contribution < -0.4 is 15.4 Å². The highest BCUT2D eigenvalue weighted by Crippen LogP contribution is 2.27. The molecular formula is C22H22N2O2. The zero-order valence-corrected chi connectivity index (χ0v) is 15.0. The average Bonchev–Trinajstić information content (AvgIpc) is 2.64. The zero-order valence-electron chi connectivity index (χ0n) is 15.0. The lowest BCUT2D eigenvalue weighted by Crippen LogP contribution is -2.14. The van der Waals surface area contributed by atoms with Crippen LogP contribution in [0.15, 0.2) is 72.8 Å². The predicted octanol–water partition coefficient (Wildman–Crippen LogP) is 4.93. The van der Waals surface area contributed by atoms with Gasteiger partial charge in [0.15, 0.2) is 0 Å². The van der Waals surface area contributed by atoms with Gasteiger partial charge in [0.2, 0.25) is 5.91 Å². The Hall–Kier alpha value is -3.27. The third kappa shape index (κ3) is 4.63. The first-order valence-corrected chi connectivity index (χ1v) is 8.49. The molecule has 1 amide bonds. The van der Waals surface area contributed by atoms with E-state index in [2.05, 4.69) is 10.6 Å². The molecule has 0 atom stereocenters. The van der Waals surface area contributed by atoms with Gasteiger partial charge in [-0.3, -0.25) is 4.79 Å². The number of benzene rings is 3. The fraction of sp³-hybridized carbons (Fsp3) is 0.136. The molecular weight excluding hydrogens is 324 g/mol. The molecule has 0 spiro atoms. The summed E-state index contributed by atoms with van der Waals surface area (Å²) in [7, 11) is 1.65. The second kappa shape index (κ2) is 8.21. The molecule has 4 heteroatoms. The first-order chi connectivity index (χ1) is 12.6. The summed E-state index contributed by atoms with van der Waals surface area (Å²) in [4.78, 5) is 12.2. The molecule has 26 heavy (non-hydrogen) atoms. The monoisotopic (exact) mass is 346 g/mol. The fourth-order valence-corrected chi connectivity index (χ4v) is 2.75. The minimum atomic E-state index is -0.0268. The molecule has 0 saturated heterocycles. The molecule has 0 fully saturated rings. The number of carbonyl (C=O) groups excluding carboxylic acids is 1. The quantitative estimate of drug-likeness (QED) is 0.665. The topological polar surface area (TPSA) is 50.4 Å². The summed E-state index contributed by atoms with van der Waals surface area (Å²) in [6.45, 7) is 2.02. The number of anilines is 3. The Balaban J connectivity index is 1.61. The maximum absolute atomic E-state index is 12.2. The number of methoxy groups -OCH3 is 1. The molecule has 2 N–H and O–H groups in total. The molecule has 0 aromatic heterocycles. The third-order valence-corrected chi connectivity index (χ3v) is 4.00. The minimum Gasteiger partial charge on any atom is -0.495 e. The molecule has 0 heterocycles. The number of hydrogen-bond donors (Lipinski definition) is 2. The number of hydrogen-bond acceptors (Lipinski definition) is 3. The molecule has 3 rings (SSSR count). The van der Waals surface area contributed by atoms with Crippen molar-refractivity contribution < 1.29 is 9.53 Å². The van der Waals surface area contributed by atoms with Crippen molar-refractivity contribution in [2.45, 2.75) is 13.3 Å². The molecule has 0 aliphatic heterocycles. The number of carbonyl (C=O) groups is 1. The summed E-state index contributed by atoms with van der Waals surface area (Å²) in [6, 6.07) is 23.3. The van der Waals surface area contributed by atoms with Crippen LogP contribution >= 0.6 is 0 Å². The molecule has 0 saturated carbocycles. The molecule has 132 valence electrons. The SMILES string of the molecule is COc1ccccc1Nc1ccc(NC(=O)Cc2cccc(C)c2)cc1. The molecule has 3 aromatic rings. The molecule has 4 nitrogen and oxygen atoms in total. The number of para-hydroxylation sites is 2. The van der Waals surface area contributed by atoms with Gasteiger partial charge in [-0.1, -0.05) is 42.0 Å². The smallest absolute Gasteiger partial charge is 0.228 e. The van der Waals surface area contributed by atoms with Gasteiger partial charge < -0.3 is 15.4 Å². The van der Waals surface area contributed by atoms with Crippen LogP contribution in [0.4, 0.5) is 17.1 Å². The van der Waals surface area contributed by atoms with E-state index in [-0.39, 0.29) is 5.91 Å². The van der Waals surface area contributed by atoms with Crippen LogP contribution in [0.1, 0.15) is 11.1 Å². The van der Waals surface area contributed by atoms with Crippen molar-refractivity contribution in [3.63, 3.8) is 0 Å². The molecule has 3 aromatic carbocycles. The van der Waals surface area contributed by atoms with Crippen molar-refractivity contribution in [3.05, 3.63) is 83.9 Å². The summed E-state index contributed by atoms with van der Waals surface area (Å²) in [6.07, 6.45) is 0.364. The first kappa shape index (κ1) is 17.5. The van der Waals surface area contributed by atoms with Gasteiger partial charge in [0.1, 0.15) is 5.75 Å². The Morgan fingerprint density at radius 2 is 1.65 bits per heavy atom. The predicted molar refractivity (Wildman–Crippen MR) is 106 cm³/mol. The Labute approximate surface area is 153 Å². The van der Waals surface area contributed by atoms with Crippen LogP contribution in [0.2, 0.25) is 0 Å². The van der Waals surface area contributed by atoms with Gasteiger partial charge >= 0.3 is 0 Å². The number of nitrogens with one attached hydrogen (secondary N) is 2. The summed E-state index contributed by atoms with van der Waals surface area (Å²) in [5.41, 5.74) is 4.75. The summed E-state index contributed by atoms with van der Waals surface area (Å²) < 4.78 is 5.34. The van der Waals surface area contributed by atoms with Crippen LogP contribution in [0.3, 0.4) is 0 Å². The Bertz CT molecular complexity index is 889. The van der Waals surface area contributed by atoms with E-state index < -0.39 is 0 Å². The Morgan fingerprint density at radius 3 is 2.38 bits per heavy atom. The maximum Gasteiger partial charge on any atom is 0.228 e.